The van der Waals surface area contributed by atoms with Gasteiger partial charge in [0.15, 0.2) is 0 Å². The molecule has 3 nitrogen and oxygen atoms in total. The second-order valence-electron chi connectivity index (χ2n) is 3.14. The van der Waals surface area contributed by atoms with Gasteiger partial charge in [0, 0.05) is 5.92 Å². The molecule has 0 radical (unpaired) electrons. The van der Waals surface area contributed by atoms with E-state index in [1.54, 1.807) is 0 Å². The van der Waals surface area contributed by atoms with Crippen molar-refractivity contribution in [1.29, 1.82) is 0 Å². The quantitative estimate of drug-likeness (QED) is 0.511. The van der Waals surface area contributed by atoms with Crippen LogP contribution in [0, 0.1) is 5.92 Å². The summed E-state index contributed by atoms with van der Waals surface area (Å²) >= 11 is 0. The molecule has 58 valence electrons. The van der Waals surface area contributed by atoms with E-state index < -0.39 is 6.10 Å². The molecular weight excluding hydrogens is 132 g/mol. The normalized spacial score (nSPS) is 53.4. The van der Waals surface area contributed by atoms with Gasteiger partial charge in [0.2, 0.25) is 0 Å². The van der Waals surface area contributed by atoms with E-state index in [1.165, 1.54) is 0 Å². The van der Waals surface area contributed by atoms with Crippen LogP contribution in [0.2, 0.25) is 0 Å². The predicted octanol–water partition coefficient (Wildman–Crippen LogP) is -0.219. The van der Waals surface area contributed by atoms with Crippen molar-refractivity contribution in [3.63, 3.8) is 0 Å². The summed E-state index contributed by atoms with van der Waals surface area (Å²) in [5.74, 6) is 0.446. The smallest absolute Gasteiger partial charge is 0.112 e. The zero-order chi connectivity index (χ0) is 7.14. The molecule has 0 aromatic carbocycles. The van der Waals surface area contributed by atoms with Gasteiger partial charge in [-0.15, -0.1) is 0 Å². The van der Waals surface area contributed by atoms with Gasteiger partial charge in [0.05, 0.1) is 19.3 Å². The molecule has 2 heterocycles. The first-order chi connectivity index (χ1) is 4.79. The monoisotopic (exact) mass is 144 g/mol. The fourth-order valence-electron chi connectivity index (χ4n) is 1.67. The first-order valence-corrected chi connectivity index (χ1v) is 3.70. The Labute approximate surface area is 59.9 Å². The largest absolute Gasteiger partial charge is 0.388 e. The summed E-state index contributed by atoms with van der Waals surface area (Å²) in [6.45, 7) is 3.26. The minimum Gasteiger partial charge on any atom is -0.388 e. The van der Waals surface area contributed by atoms with Crippen molar-refractivity contribution in [3.05, 3.63) is 0 Å². The molecular formula is C7H12O3. The summed E-state index contributed by atoms with van der Waals surface area (Å²) < 4.78 is 10.7. The summed E-state index contributed by atoms with van der Waals surface area (Å²) in [6, 6.07) is 0. The molecule has 0 saturated carbocycles. The van der Waals surface area contributed by atoms with Gasteiger partial charge in [-0.3, -0.25) is 0 Å². The molecule has 2 aliphatic heterocycles. The third kappa shape index (κ3) is 0.779. The van der Waals surface area contributed by atoms with Crippen molar-refractivity contribution < 1.29 is 14.6 Å². The topological polar surface area (TPSA) is 38.7 Å². The van der Waals surface area contributed by atoms with E-state index in [4.69, 9.17) is 9.47 Å². The molecule has 10 heavy (non-hydrogen) atoms. The van der Waals surface area contributed by atoms with Crippen LogP contribution in [0.15, 0.2) is 0 Å². The van der Waals surface area contributed by atoms with Crippen molar-refractivity contribution >= 4 is 0 Å². The van der Waals surface area contributed by atoms with Crippen molar-refractivity contribution in [2.24, 2.45) is 5.92 Å². The zero-order valence-corrected chi connectivity index (χ0v) is 5.99. The number of aliphatic hydroxyl groups excluding tert-OH is 1. The average molecular weight is 144 g/mol. The van der Waals surface area contributed by atoms with Crippen molar-refractivity contribution in [3.8, 4) is 0 Å². The van der Waals surface area contributed by atoms with E-state index in [1.807, 2.05) is 0 Å². The maximum Gasteiger partial charge on any atom is 0.112 e. The third-order valence-electron chi connectivity index (χ3n) is 2.27. The van der Waals surface area contributed by atoms with Crippen LogP contribution >= 0.6 is 0 Å². The molecule has 0 amide bonds. The van der Waals surface area contributed by atoms with E-state index in [9.17, 15) is 5.11 Å². The Hall–Kier alpha value is -0.120. The highest BCUT2D eigenvalue weighted by Gasteiger charge is 2.44. The Morgan fingerprint density at radius 1 is 1.20 bits per heavy atom. The minimum absolute atomic E-state index is 0.0463. The van der Waals surface area contributed by atoms with Gasteiger partial charge in [0.25, 0.3) is 0 Å². The standard InChI is InChI=1S/C7H12O3/c1-4-2-9-7-5(8)3-10-6(4)7/h4-8H,2-3H2,1H3/t4-,5+,6?,7?/m1/s1. The molecule has 2 rings (SSSR count). The number of aliphatic hydroxyl groups is 1. The SMILES string of the molecule is C[C@@H]1COC2C1OC[C@@H]2O. The highest BCUT2D eigenvalue weighted by atomic mass is 16.6. The van der Waals surface area contributed by atoms with Gasteiger partial charge < -0.3 is 14.6 Å². The number of rotatable bonds is 0. The Morgan fingerprint density at radius 2 is 1.90 bits per heavy atom. The van der Waals surface area contributed by atoms with E-state index in [-0.39, 0.29) is 12.2 Å². The van der Waals surface area contributed by atoms with Crippen LogP contribution in [0.5, 0.6) is 0 Å². The van der Waals surface area contributed by atoms with Crippen LogP contribution in [0.4, 0.5) is 0 Å². The van der Waals surface area contributed by atoms with Crippen molar-refractivity contribution in [2.45, 2.75) is 25.2 Å². The van der Waals surface area contributed by atoms with Crippen LogP contribution in [-0.2, 0) is 9.47 Å². The fourth-order valence-corrected chi connectivity index (χ4v) is 1.67. The molecule has 4 atom stereocenters. The Balaban J connectivity index is 2.09. The van der Waals surface area contributed by atoms with Crippen molar-refractivity contribution in [1.82, 2.24) is 0 Å². The van der Waals surface area contributed by atoms with Crippen LogP contribution < -0.4 is 0 Å². The first kappa shape index (κ1) is 6.58. The number of hydrogen-bond acceptors (Lipinski definition) is 3. The lowest BCUT2D eigenvalue weighted by Gasteiger charge is -2.10. The van der Waals surface area contributed by atoms with Crippen LogP contribution in [-0.4, -0.2) is 36.6 Å². The third-order valence-corrected chi connectivity index (χ3v) is 2.27. The second-order valence-corrected chi connectivity index (χ2v) is 3.14. The number of hydrogen-bond donors (Lipinski definition) is 1. The van der Waals surface area contributed by atoms with Crippen LogP contribution in [0.1, 0.15) is 6.92 Å². The molecule has 2 saturated heterocycles. The van der Waals surface area contributed by atoms with Crippen molar-refractivity contribution in [2.75, 3.05) is 13.2 Å². The van der Waals surface area contributed by atoms with Gasteiger partial charge in [-0.25, -0.2) is 0 Å². The molecule has 0 aromatic rings. The van der Waals surface area contributed by atoms with Gasteiger partial charge in [0.1, 0.15) is 12.2 Å². The highest BCUT2D eigenvalue weighted by molar-refractivity contribution is 4.92. The van der Waals surface area contributed by atoms with Crippen LogP contribution in [0.25, 0.3) is 0 Å². The van der Waals surface area contributed by atoms with Gasteiger partial charge in [-0.05, 0) is 0 Å². The summed E-state index contributed by atoms with van der Waals surface area (Å²) in [6.07, 6.45) is -0.292. The summed E-state index contributed by atoms with van der Waals surface area (Å²) in [7, 11) is 0. The van der Waals surface area contributed by atoms with Crippen LogP contribution in [0.3, 0.4) is 0 Å². The Bertz CT molecular complexity index is 121. The lowest BCUT2D eigenvalue weighted by atomic mass is 10.0. The Kier molecular flexibility index (Phi) is 1.44. The maximum absolute atomic E-state index is 9.27. The summed E-state index contributed by atoms with van der Waals surface area (Å²) in [5, 5.41) is 9.27. The van der Waals surface area contributed by atoms with E-state index in [0.717, 1.165) is 6.61 Å². The molecule has 0 spiro atoms. The summed E-state index contributed by atoms with van der Waals surface area (Å²) in [4.78, 5) is 0. The van der Waals surface area contributed by atoms with Gasteiger partial charge in [-0.1, -0.05) is 6.92 Å². The lowest BCUT2D eigenvalue weighted by molar-refractivity contribution is 0.0173. The van der Waals surface area contributed by atoms with E-state index in [0.29, 0.717) is 12.5 Å². The summed E-state index contributed by atoms with van der Waals surface area (Å²) in [5.41, 5.74) is 0. The molecule has 2 fully saturated rings. The first-order valence-electron chi connectivity index (χ1n) is 3.70. The lowest BCUT2D eigenvalue weighted by Crippen LogP contribution is -2.28. The van der Waals surface area contributed by atoms with E-state index >= 15 is 0 Å². The van der Waals surface area contributed by atoms with Gasteiger partial charge >= 0.3 is 0 Å². The number of fused-ring (bicyclic) bond motifs is 1. The molecule has 2 aliphatic rings. The molecule has 0 aliphatic carbocycles. The molecule has 0 aromatic heterocycles. The maximum atomic E-state index is 9.27. The van der Waals surface area contributed by atoms with E-state index in [2.05, 4.69) is 6.92 Å². The van der Waals surface area contributed by atoms with Gasteiger partial charge in [-0.2, -0.15) is 0 Å². The molecule has 2 unspecified atom stereocenters. The predicted molar refractivity (Wildman–Crippen MR) is 34.7 cm³/mol. The molecule has 1 N–H and O–H groups in total. The molecule has 0 bridgehead atoms. The average Bonchev–Trinajstić information content (AvgIpc) is 2.41. The Morgan fingerprint density at radius 3 is 2.60 bits per heavy atom. The minimum atomic E-state index is -0.394. The molecule has 3 heteroatoms. The highest BCUT2D eigenvalue weighted by Crippen LogP contribution is 2.30. The fraction of sp³-hybridized carbons (Fsp3) is 1.00. The second kappa shape index (κ2) is 2.19. The zero-order valence-electron chi connectivity index (χ0n) is 5.99. The number of ether oxygens (including phenoxy) is 2.